The molecule has 0 saturated carbocycles. The van der Waals surface area contributed by atoms with Crippen molar-refractivity contribution in [2.24, 2.45) is 5.41 Å². The van der Waals surface area contributed by atoms with Crippen molar-refractivity contribution in [3.05, 3.63) is 0 Å². The number of Topliss-reactive ketones (excluding diaryl/α,β-unsaturated/α-hetero) is 1. The van der Waals surface area contributed by atoms with Gasteiger partial charge in [0.25, 0.3) is 0 Å². The fraction of sp³-hybridized carbons (Fsp3) is 0.778. The molecule has 0 aromatic rings. The Morgan fingerprint density at radius 3 is 2.15 bits per heavy atom. The third kappa shape index (κ3) is 2.53. The molecule has 0 rings (SSSR count). The maximum Gasteiger partial charge on any atom is 0.318 e. The predicted molar refractivity (Wildman–Crippen MR) is 54.1 cm³/mol. The summed E-state index contributed by atoms with van der Waals surface area (Å²) < 4.78 is 0. The average molecular weight is 251 g/mol. The molecule has 3 nitrogen and oxygen atoms in total. The van der Waals surface area contributed by atoms with Gasteiger partial charge in [0.1, 0.15) is 5.41 Å². The third-order valence-electron chi connectivity index (χ3n) is 2.17. The number of carboxylic acids is 1. The highest BCUT2D eigenvalue weighted by Gasteiger charge is 2.42. The summed E-state index contributed by atoms with van der Waals surface area (Å²) in [7, 11) is 0. The summed E-state index contributed by atoms with van der Waals surface area (Å²) in [6.45, 7) is 3.57. The summed E-state index contributed by atoms with van der Waals surface area (Å²) in [6, 6.07) is 0. The van der Waals surface area contributed by atoms with Gasteiger partial charge in [-0.05, 0) is 6.42 Å². The largest absolute Gasteiger partial charge is 0.480 e. The van der Waals surface area contributed by atoms with Crippen LogP contribution in [0.15, 0.2) is 0 Å². The Bertz CT molecular complexity index is 203. The lowest BCUT2D eigenvalue weighted by Gasteiger charge is -2.24. The molecule has 0 bridgehead atoms. The lowest BCUT2D eigenvalue weighted by atomic mass is 9.80. The molecule has 1 unspecified atom stereocenters. The molecule has 0 spiro atoms. The van der Waals surface area contributed by atoms with E-state index in [4.69, 9.17) is 5.11 Å². The molecular formula is C9H15BrO3. The zero-order chi connectivity index (χ0) is 10.5. The van der Waals surface area contributed by atoms with E-state index in [0.717, 1.165) is 0 Å². The van der Waals surface area contributed by atoms with Gasteiger partial charge >= 0.3 is 5.97 Å². The highest BCUT2D eigenvalue weighted by atomic mass is 79.9. The summed E-state index contributed by atoms with van der Waals surface area (Å²) in [4.78, 5) is 22.5. The number of ketones is 1. The van der Waals surface area contributed by atoms with Crippen LogP contribution in [-0.2, 0) is 9.59 Å². The standard InChI is InChI=1S/C9H15BrO3/c1-3-5-9(6-10,8(12)13)7(11)4-2/h3-6H2,1-2H3,(H,12,13). The quantitative estimate of drug-likeness (QED) is 0.581. The van der Waals surface area contributed by atoms with Crippen LogP contribution in [-0.4, -0.2) is 22.2 Å². The zero-order valence-electron chi connectivity index (χ0n) is 7.97. The van der Waals surface area contributed by atoms with Crippen molar-refractivity contribution in [2.45, 2.75) is 33.1 Å². The van der Waals surface area contributed by atoms with Crippen LogP contribution in [0, 0.1) is 5.41 Å². The van der Waals surface area contributed by atoms with Crippen molar-refractivity contribution in [1.82, 2.24) is 0 Å². The van der Waals surface area contributed by atoms with Crippen molar-refractivity contribution >= 4 is 27.7 Å². The Morgan fingerprint density at radius 2 is 1.92 bits per heavy atom. The van der Waals surface area contributed by atoms with E-state index >= 15 is 0 Å². The first-order chi connectivity index (χ1) is 6.05. The molecule has 76 valence electrons. The summed E-state index contributed by atoms with van der Waals surface area (Å²) in [5, 5.41) is 9.21. The molecule has 0 saturated heterocycles. The molecule has 0 amide bonds. The lowest BCUT2D eigenvalue weighted by Crippen LogP contribution is -2.40. The van der Waals surface area contributed by atoms with Gasteiger partial charge in [-0.1, -0.05) is 36.2 Å². The number of hydrogen-bond donors (Lipinski definition) is 1. The summed E-state index contributed by atoms with van der Waals surface area (Å²) >= 11 is 3.11. The average Bonchev–Trinajstić information content (AvgIpc) is 2.12. The molecule has 0 aromatic carbocycles. The molecule has 13 heavy (non-hydrogen) atoms. The molecule has 0 radical (unpaired) electrons. The van der Waals surface area contributed by atoms with Gasteiger partial charge in [0, 0.05) is 11.8 Å². The molecule has 0 heterocycles. The molecule has 1 atom stereocenters. The van der Waals surface area contributed by atoms with Crippen LogP contribution in [0.25, 0.3) is 0 Å². The normalized spacial score (nSPS) is 15.0. The molecule has 1 N–H and O–H groups in total. The summed E-state index contributed by atoms with van der Waals surface area (Å²) in [5.74, 6) is -1.21. The second kappa shape index (κ2) is 5.37. The maximum absolute atomic E-state index is 11.5. The molecule has 0 aliphatic rings. The van der Waals surface area contributed by atoms with Crippen LogP contribution < -0.4 is 0 Å². The highest BCUT2D eigenvalue weighted by molar-refractivity contribution is 9.09. The van der Waals surface area contributed by atoms with Crippen LogP contribution in [0.2, 0.25) is 0 Å². The first-order valence-corrected chi connectivity index (χ1v) is 5.50. The van der Waals surface area contributed by atoms with Gasteiger partial charge < -0.3 is 5.11 Å². The van der Waals surface area contributed by atoms with Crippen LogP contribution in [0.4, 0.5) is 0 Å². The summed E-state index contributed by atoms with van der Waals surface area (Å²) in [5.41, 5.74) is -1.20. The number of alkyl halides is 1. The van der Waals surface area contributed by atoms with Gasteiger partial charge in [-0.2, -0.15) is 0 Å². The topological polar surface area (TPSA) is 54.4 Å². The van der Waals surface area contributed by atoms with Gasteiger partial charge in [0.2, 0.25) is 0 Å². The number of rotatable bonds is 6. The van der Waals surface area contributed by atoms with Crippen molar-refractivity contribution in [2.75, 3.05) is 5.33 Å². The second-order valence-corrected chi connectivity index (χ2v) is 3.61. The van der Waals surface area contributed by atoms with Crippen LogP contribution in [0.3, 0.4) is 0 Å². The number of hydrogen-bond acceptors (Lipinski definition) is 2. The molecule has 4 heteroatoms. The van der Waals surface area contributed by atoms with Crippen molar-refractivity contribution in [3.63, 3.8) is 0 Å². The van der Waals surface area contributed by atoms with Crippen LogP contribution >= 0.6 is 15.9 Å². The highest BCUT2D eigenvalue weighted by Crippen LogP contribution is 2.29. The summed E-state index contributed by atoms with van der Waals surface area (Å²) in [6.07, 6.45) is 1.38. The Labute approximate surface area is 86.6 Å². The van der Waals surface area contributed by atoms with Crippen molar-refractivity contribution in [3.8, 4) is 0 Å². The Morgan fingerprint density at radius 1 is 1.38 bits per heavy atom. The molecule has 0 aliphatic heterocycles. The van der Waals surface area contributed by atoms with Gasteiger partial charge in [-0.15, -0.1) is 0 Å². The van der Waals surface area contributed by atoms with E-state index in [1.165, 1.54) is 0 Å². The minimum atomic E-state index is -1.20. The first kappa shape index (κ1) is 12.6. The number of carbonyl (C=O) groups excluding carboxylic acids is 1. The van der Waals surface area contributed by atoms with Gasteiger partial charge in [0.05, 0.1) is 0 Å². The van der Waals surface area contributed by atoms with E-state index < -0.39 is 11.4 Å². The predicted octanol–water partition coefficient (Wildman–Crippen LogP) is 2.23. The van der Waals surface area contributed by atoms with Crippen LogP contribution in [0.5, 0.6) is 0 Å². The van der Waals surface area contributed by atoms with E-state index in [1.807, 2.05) is 6.92 Å². The van der Waals surface area contributed by atoms with Gasteiger partial charge in [0.15, 0.2) is 5.78 Å². The monoisotopic (exact) mass is 250 g/mol. The number of aliphatic carboxylic acids is 1. The van der Waals surface area contributed by atoms with Gasteiger partial charge in [-0.25, -0.2) is 0 Å². The van der Waals surface area contributed by atoms with Crippen LogP contribution in [0.1, 0.15) is 33.1 Å². The maximum atomic E-state index is 11.5. The Kier molecular flexibility index (Phi) is 5.21. The van der Waals surface area contributed by atoms with Crippen molar-refractivity contribution in [1.29, 1.82) is 0 Å². The number of carbonyl (C=O) groups is 2. The van der Waals surface area contributed by atoms with Gasteiger partial charge in [-0.3, -0.25) is 9.59 Å². The first-order valence-electron chi connectivity index (χ1n) is 4.37. The van der Waals surface area contributed by atoms with E-state index in [0.29, 0.717) is 12.8 Å². The second-order valence-electron chi connectivity index (χ2n) is 3.05. The van der Waals surface area contributed by atoms with E-state index in [9.17, 15) is 9.59 Å². The number of halogens is 1. The molecular weight excluding hydrogens is 236 g/mol. The van der Waals surface area contributed by atoms with E-state index in [1.54, 1.807) is 6.92 Å². The Balaban J connectivity index is 4.85. The molecule has 0 aromatic heterocycles. The zero-order valence-corrected chi connectivity index (χ0v) is 9.56. The smallest absolute Gasteiger partial charge is 0.318 e. The number of carboxylic acid groups (broad SMARTS) is 1. The minimum Gasteiger partial charge on any atom is -0.480 e. The molecule has 0 aliphatic carbocycles. The molecule has 0 fully saturated rings. The van der Waals surface area contributed by atoms with E-state index in [2.05, 4.69) is 15.9 Å². The SMILES string of the molecule is CCCC(CBr)(C(=O)O)C(=O)CC. The van der Waals surface area contributed by atoms with E-state index in [-0.39, 0.29) is 17.5 Å². The fourth-order valence-electron chi connectivity index (χ4n) is 1.33. The van der Waals surface area contributed by atoms with Crippen molar-refractivity contribution < 1.29 is 14.7 Å². The minimum absolute atomic E-state index is 0.196. The third-order valence-corrected chi connectivity index (χ3v) is 3.13. The lowest BCUT2D eigenvalue weighted by molar-refractivity contribution is -0.153. The Hall–Kier alpha value is -0.380. The fourth-order valence-corrected chi connectivity index (χ4v) is 2.16.